The zero-order chi connectivity index (χ0) is 34.8. The summed E-state index contributed by atoms with van der Waals surface area (Å²) in [5.74, 6) is 0.437. The molecule has 7 atom stereocenters. The summed E-state index contributed by atoms with van der Waals surface area (Å²) in [6, 6.07) is 34.4. The minimum atomic E-state index is -1.97. The van der Waals surface area contributed by atoms with Gasteiger partial charge in [-0.3, -0.25) is 0 Å². The molecule has 0 spiro atoms. The third kappa shape index (κ3) is 12.4. The maximum absolute atomic E-state index is 11.5. The van der Waals surface area contributed by atoms with Gasteiger partial charge in [-0.2, -0.15) is 0 Å². The van der Waals surface area contributed by atoms with E-state index in [0.717, 1.165) is 47.5 Å². The minimum absolute atomic E-state index is 0.0286. The Morgan fingerprint density at radius 3 is 1.48 bits per heavy atom. The van der Waals surface area contributed by atoms with Crippen LogP contribution in [0.4, 0.5) is 0 Å². The Kier molecular flexibility index (Phi) is 17.8. The Bertz CT molecular complexity index is 1240. The van der Waals surface area contributed by atoms with Crippen molar-refractivity contribution in [2.45, 2.75) is 118 Å². The Morgan fingerprint density at radius 1 is 0.583 bits per heavy atom. The quantitative estimate of drug-likeness (QED) is 0.0699. The van der Waals surface area contributed by atoms with Crippen molar-refractivity contribution in [3.8, 4) is 0 Å². The third-order valence-corrected chi connectivity index (χ3v) is 15.0. The third-order valence-electron chi connectivity index (χ3n) is 10.3. The molecule has 0 aliphatic carbocycles. The molecule has 0 aliphatic heterocycles. The van der Waals surface area contributed by atoms with E-state index in [2.05, 4.69) is 109 Å². The standard InChI is InChI=1S/C42H62O5Si/c1-8-48(9-2,10-3)47-41(33(4)21-20-28-43)36(7)42(46-32-39-26-18-13-19-27-39)35(6)40(45-31-38-24-16-12-17-25-38)34(5)29-44-30-37-22-14-11-15-23-37/h11-19,22-28,33-36,40-42H,8-10,20-21,29-32H2,1-7H3/t33-,34-,35-,36+,40-,41-,42-/m0/s1. The average molecular weight is 675 g/mol. The lowest BCUT2D eigenvalue weighted by Gasteiger charge is -2.44. The van der Waals surface area contributed by atoms with Gasteiger partial charge in [0.2, 0.25) is 0 Å². The molecular weight excluding hydrogens is 613 g/mol. The molecule has 0 radical (unpaired) electrons. The van der Waals surface area contributed by atoms with Crippen LogP contribution < -0.4 is 0 Å². The molecule has 0 aliphatic rings. The molecule has 0 bridgehead atoms. The van der Waals surface area contributed by atoms with Crippen LogP contribution in [-0.4, -0.2) is 39.5 Å². The number of ether oxygens (including phenoxy) is 3. The summed E-state index contributed by atoms with van der Waals surface area (Å²) in [6.45, 7) is 18.1. The SMILES string of the molecule is CC[Si](CC)(CC)O[C@H]([C@@H](C)[C@@H](OCc1ccccc1)[C@@H](C)[C@@H](OCc1ccccc1)[C@@H](C)COCc1ccccc1)[C@@H](C)CCC=O. The van der Waals surface area contributed by atoms with Gasteiger partial charge in [-0.05, 0) is 47.2 Å². The fourth-order valence-electron chi connectivity index (χ4n) is 7.08. The largest absolute Gasteiger partial charge is 0.413 e. The first-order chi connectivity index (χ1) is 23.3. The number of hydrogen-bond acceptors (Lipinski definition) is 5. The molecule has 0 saturated carbocycles. The van der Waals surface area contributed by atoms with E-state index in [4.69, 9.17) is 18.6 Å². The van der Waals surface area contributed by atoms with Gasteiger partial charge in [-0.15, -0.1) is 0 Å². The van der Waals surface area contributed by atoms with Gasteiger partial charge in [-0.25, -0.2) is 0 Å². The van der Waals surface area contributed by atoms with Gasteiger partial charge >= 0.3 is 0 Å². The number of carbonyl (C=O) groups is 1. The van der Waals surface area contributed by atoms with Gasteiger partial charge < -0.3 is 23.4 Å². The van der Waals surface area contributed by atoms with Crippen molar-refractivity contribution in [1.29, 1.82) is 0 Å². The predicted molar refractivity (Wildman–Crippen MR) is 200 cm³/mol. The first kappa shape index (κ1) is 39.8. The smallest absolute Gasteiger partial charge is 0.192 e. The Morgan fingerprint density at radius 2 is 1.02 bits per heavy atom. The number of aldehydes is 1. The van der Waals surface area contributed by atoms with E-state index in [1.807, 2.05) is 30.3 Å². The molecule has 0 saturated heterocycles. The number of rotatable bonds is 24. The number of benzene rings is 3. The van der Waals surface area contributed by atoms with Gasteiger partial charge in [-0.1, -0.05) is 139 Å². The van der Waals surface area contributed by atoms with Crippen LogP contribution >= 0.6 is 0 Å². The second-order valence-corrected chi connectivity index (χ2v) is 18.5. The van der Waals surface area contributed by atoms with E-state index in [-0.39, 0.29) is 42.0 Å². The second kappa shape index (κ2) is 21.5. The molecule has 3 aromatic carbocycles. The highest BCUT2D eigenvalue weighted by Crippen LogP contribution is 2.37. The van der Waals surface area contributed by atoms with Gasteiger partial charge in [0.25, 0.3) is 0 Å². The Balaban J connectivity index is 1.96. The monoisotopic (exact) mass is 674 g/mol. The molecule has 0 N–H and O–H groups in total. The Labute approximate surface area is 292 Å². The van der Waals surface area contributed by atoms with Crippen molar-refractivity contribution < 1.29 is 23.4 Å². The second-order valence-electron chi connectivity index (χ2n) is 13.8. The normalized spacial score (nSPS) is 16.4. The lowest BCUT2D eigenvalue weighted by Crippen LogP contribution is -2.50. The highest BCUT2D eigenvalue weighted by atomic mass is 28.4. The summed E-state index contributed by atoms with van der Waals surface area (Å²) < 4.78 is 27.5. The van der Waals surface area contributed by atoms with Crippen molar-refractivity contribution in [2.24, 2.45) is 23.7 Å². The molecule has 264 valence electrons. The van der Waals surface area contributed by atoms with Gasteiger partial charge in [0.1, 0.15) is 6.29 Å². The highest BCUT2D eigenvalue weighted by molar-refractivity contribution is 6.73. The molecule has 5 nitrogen and oxygen atoms in total. The summed E-state index contributed by atoms with van der Waals surface area (Å²) in [4.78, 5) is 11.5. The lowest BCUT2D eigenvalue weighted by atomic mass is 9.78. The van der Waals surface area contributed by atoms with Crippen molar-refractivity contribution in [2.75, 3.05) is 6.61 Å². The minimum Gasteiger partial charge on any atom is -0.413 e. The molecule has 48 heavy (non-hydrogen) atoms. The van der Waals surface area contributed by atoms with Crippen LogP contribution in [0.2, 0.25) is 18.1 Å². The molecule has 3 aromatic rings. The maximum atomic E-state index is 11.5. The van der Waals surface area contributed by atoms with Crippen LogP contribution in [0, 0.1) is 23.7 Å². The molecule has 0 fully saturated rings. The van der Waals surface area contributed by atoms with E-state index in [1.165, 1.54) is 0 Å². The Hall–Kier alpha value is -2.61. The van der Waals surface area contributed by atoms with E-state index in [9.17, 15) is 4.79 Å². The van der Waals surface area contributed by atoms with Crippen LogP contribution in [0.15, 0.2) is 91.0 Å². The van der Waals surface area contributed by atoms with Crippen LogP contribution in [-0.2, 0) is 43.3 Å². The maximum Gasteiger partial charge on any atom is 0.192 e. The van der Waals surface area contributed by atoms with Crippen molar-refractivity contribution in [3.63, 3.8) is 0 Å². The van der Waals surface area contributed by atoms with E-state index in [0.29, 0.717) is 32.8 Å². The summed E-state index contributed by atoms with van der Waals surface area (Å²) in [5.41, 5.74) is 3.46. The molecule has 0 aromatic heterocycles. The summed E-state index contributed by atoms with van der Waals surface area (Å²) in [6.07, 6.45) is 2.08. The van der Waals surface area contributed by atoms with Crippen molar-refractivity contribution >= 4 is 14.6 Å². The van der Waals surface area contributed by atoms with Crippen molar-refractivity contribution in [1.82, 2.24) is 0 Å². The zero-order valence-corrected chi connectivity index (χ0v) is 31.7. The predicted octanol–water partition coefficient (Wildman–Crippen LogP) is 10.3. The average Bonchev–Trinajstić information content (AvgIpc) is 3.13. The van der Waals surface area contributed by atoms with Gasteiger partial charge in [0.15, 0.2) is 8.32 Å². The van der Waals surface area contributed by atoms with Crippen LogP contribution in [0.25, 0.3) is 0 Å². The first-order valence-electron chi connectivity index (χ1n) is 18.3. The zero-order valence-electron chi connectivity index (χ0n) is 30.7. The number of hydrogen-bond donors (Lipinski definition) is 0. The first-order valence-corrected chi connectivity index (χ1v) is 20.8. The summed E-state index contributed by atoms with van der Waals surface area (Å²) >= 11 is 0. The van der Waals surface area contributed by atoms with Gasteiger partial charge in [0.05, 0.1) is 44.7 Å². The topological polar surface area (TPSA) is 54.0 Å². The highest BCUT2D eigenvalue weighted by Gasteiger charge is 2.42. The molecule has 0 unspecified atom stereocenters. The molecule has 6 heteroatoms. The fourth-order valence-corrected chi connectivity index (χ4v) is 10.1. The lowest BCUT2D eigenvalue weighted by molar-refractivity contribution is -0.132. The number of carbonyl (C=O) groups excluding carboxylic acids is 1. The van der Waals surface area contributed by atoms with E-state index >= 15 is 0 Å². The van der Waals surface area contributed by atoms with Crippen molar-refractivity contribution in [3.05, 3.63) is 108 Å². The van der Waals surface area contributed by atoms with Crippen LogP contribution in [0.3, 0.4) is 0 Å². The van der Waals surface area contributed by atoms with Gasteiger partial charge in [0, 0.05) is 24.2 Å². The van der Waals surface area contributed by atoms with Crippen LogP contribution in [0.5, 0.6) is 0 Å². The summed E-state index contributed by atoms with van der Waals surface area (Å²) in [7, 11) is -1.97. The summed E-state index contributed by atoms with van der Waals surface area (Å²) in [5, 5.41) is 0. The fraction of sp³-hybridized carbons (Fsp3) is 0.548. The van der Waals surface area contributed by atoms with E-state index in [1.54, 1.807) is 0 Å². The van der Waals surface area contributed by atoms with E-state index < -0.39 is 8.32 Å². The molecular formula is C42H62O5Si. The molecule has 0 heterocycles. The molecule has 0 amide bonds. The van der Waals surface area contributed by atoms with Crippen LogP contribution in [0.1, 0.15) is 78.0 Å². The molecule has 3 rings (SSSR count).